The summed E-state index contributed by atoms with van der Waals surface area (Å²) in [4.78, 5) is 8.54. The molecular weight excluding hydrogens is 376 g/mol. The number of ether oxygens (including phenoxy) is 2. The van der Waals surface area contributed by atoms with Crippen LogP contribution < -0.4 is 20.3 Å². The molecule has 3 rings (SSSR count). The van der Waals surface area contributed by atoms with E-state index in [4.69, 9.17) is 15.3 Å². The van der Waals surface area contributed by atoms with Crippen molar-refractivity contribution < 1.29 is 14.6 Å². The summed E-state index contributed by atoms with van der Waals surface area (Å²) in [5, 5.41) is 11.8. The molecule has 0 unspecified atom stereocenters. The number of hydrogen-bond donors (Lipinski definition) is 2. The number of benzene rings is 2. The molecule has 8 heteroatoms. The number of nitrogens with two attached hydrogens (primary N) is 1. The zero-order chi connectivity index (χ0) is 17.3. The number of hydrogen-bond acceptors (Lipinski definition) is 7. The molecule has 3 N–H and O–H groups in total. The van der Waals surface area contributed by atoms with Crippen molar-refractivity contribution in [2.75, 3.05) is 19.2 Å². The predicted octanol–water partition coefficient (Wildman–Crippen LogP) is 3.13. The molecule has 0 radical (unpaired) electrons. The lowest BCUT2D eigenvalue weighted by atomic mass is 10.2. The fraction of sp³-hybridized carbons (Fsp3) is 0.125. The third kappa shape index (κ3) is 2.81. The van der Waals surface area contributed by atoms with Crippen molar-refractivity contribution in [3.05, 3.63) is 41.1 Å². The summed E-state index contributed by atoms with van der Waals surface area (Å²) in [7, 11) is 3.12. The molecule has 0 saturated heterocycles. The first-order valence-corrected chi connectivity index (χ1v) is 7.74. The van der Waals surface area contributed by atoms with E-state index in [-0.39, 0.29) is 5.75 Å². The number of anilines is 2. The Kier molecular flexibility index (Phi) is 4.41. The van der Waals surface area contributed by atoms with Gasteiger partial charge in [-0.15, -0.1) is 0 Å². The van der Waals surface area contributed by atoms with Crippen LogP contribution >= 0.6 is 15.9 Å². The van der Waals surface area contributed by atoms with Crippen LogP contribution in [0.4, 0.5) is 11.5 Å². The summed E-state index contributed by atoms with van der Waals surface area (Å²) in [6.45, 7) is 0. The average Bonchev–Trinajstić information content (AvgIpc) is 2.61. The van der Waals surface area contributed by atoms with Gasteiger partial charge < -0.3 is 14.6 Å². The summed E-state index contributed by atoms with van der Waals surface area (Å²) < 4.78 is 11.2. The standard InChI is InChI=1S/C16H15BrN4O3/c1-23-14-6-10-12(7-15(14)24-2)19-8-20-16(10)21(18)9-3-4-13(22)11(17)5-9/h3-8,22H,18H2,1-2H3. The number of fused-ring (bicyclic) bond motifs is 1. The van der Waals surface area contributed by atoms with Crippen molar-refractivity contribution in [2.24, 2.45) is 5.84 Å². The molecule has 0 saturated carbocycles. The first kappa shape index (κ1) is 16.3. The first-order valence-electron chi connectivity index (χ1n) is 6.95. The lowest BCUT2D eigenvalue weighted by Crippen LogP contribution is -2.26. The van der Waals surface area contributed by atoms with E-state index in [1.54, 1.807) is 44.6 Å². The van der Waals surface area contributed by atoms with Gasteiger partial charge in [0, 0.05) is 11.5 Å². The van der Waals surface area contributed by atoms with Gasteiger partial charge in [0.05, 0.1) is 29.9 Å². The van der Waals surface area contributed by atoms with Crippen molar-refractivity contribution in [1.29, 1.82) is 0 Å². The lowest BCUT2D eigenvalue weighted by molar-refractivity contribution is 0.356. The number of aromatic hydroxyl groups is 1. The summed E-state index contributed by atoms with van der Waals surface area (Å²) in [5.74, 6) is 7.99. The highest BCUT2D eigenvalue weighted by molar-refractivity contribution is 9.10. The van der Waals surface area contributed by atoms with Gasteiger partial charge in [-0.05, 0) is 40.2 Å². The second-order valence-electron chi connectivity index (χ2n) is 4.93. The number of nitrogens with zero attached hydrogens (tertiary/aromatic N) is 3. The van der Waals surface area contributed by atoms with E-state index in [2.05, 4.69) is 25.9 Å². The Morgan fingerprint density at radius 1 is 1.08 bits per heavy atom. The molecule has 3 aromatic rings. The normalized spacial score (nSPS) is 10.7. The van der Waals surface area contributed by atoms with Crippen LogP contribution in [0.25, 0.3) is 10.9 Å². The van der Waals surface area contributed by atoms with Crippen LogP contribution in [0.2, 0.25) is 0 Å². The highest BCUT2D eigenvalue weighted by atomic mass is 79.9. The van der Waals surface area contributed by atoms with Gasteiger partial charge >= 0.3 is 0 Å². The highest BCUT2D eigenvalue weighted by Crippen LogP contribution is 2.36. The maximum atomic E-state index is 9.63. The van der Waals surface area contributed by atoms with Crippen LogP contribution in [0.3, 0.4) is 0 Å². The molecule has 0 spiro atoms. The van der Waals surface area contributed by atoms with E-state index in [1.807, 2.05) is 0 Å². The zero-order valence-corrected chi connectivity index (χ0v) is 14.6. The van der Waals surface area contributed by atoms with Gasteiger partial charge in [0.25, 0.3) is 0 Å². The third-order valence-corrected chi connectivity index (χ3v) is 4.19. The Morgan fingerprint density at radius 2 is 1.79 bits per heavy atom. The van der Waals surface area contributed by atoms with Gasteiger partial charge in [-0.2, -0.15) is 0 Å². The van der Waals surface area contributed by atoms with Crippen LogP contribution in [-0.2, 0) is 0 Å². The predicted molar refractivity (Wildman–Crippen MR) is 94.8 cm³/mol. The van der Waals surface area contributed by atoms with E-state index in [9.17, 15) is 5.11 Å². The van der Waals surface area contributed by atoms with Gasteiger partial charge in [0.15, 0.2) is 17.3 Å². The van der Waals surface area contributed by atoms with Crippen LogP contribution in [-0.4, -0.2) is 29.3 Å². The molecule has 24 heavy (non-hydrogen) atoms. The van der Waals surface area contributed by atoms with E-state index in [1.165, 1.54) is 11.3 Å². The van der Waals surface area contributed by atoms with Gasteiger partial charge in [-0.3, -0.25) is 5.01 Å². The van der Waals surface area contributed by atoms with Crippen molar-refractivity contribution in [3.8, 4) is 17.2 Å². The van der Waals surface area contributed by atoms with Gasteiger partial charge in [-0.1, -0.05) is 0 Å². The molecule has 7 nitrogen and oxygen atoms in total. The smallest absolute Gasteiger partial charge is 0.162 e. The Balaban J connectivity index is 2.16. The molecule has 1 heterocycles. The number of phenolic OH excluding ortho intramolecular Hbond substituents is 1. The maximum Gasteiger partial charge on any atom is 0.162 e. The molecule has 0 fully saturated rings. The van der Waals surface area contributed by atoms with Gasteiger partial charge in [0.1, 0.15) is 12.1 Å². The second-order valence-corrected chi connectivity index (χ2v) is 5.78. The summed E-state index contributed by atoms with van der Waals surface area (Å²) >= 11 is 3.28. The number of halogens is 1. The molecule has 0 bridgehead atoms. The minimum Gasteiger partial charge on any atom is -0.507 e. The first-order chi connectivity index (χ1) is 11.5. The monoisotopic (exact) mass is 390 g/mol. The maximum absolute atomic E-state index is 9.63. The highest BCUT2D eigenvalue weighted by Gasteiger charge is 2.15. The Bertz CT molecular complexity index is 904. The van der Waals surface area contributed by atoms with Crippen LogP contribution in [0.15, 0.2) is 41.1 Å². The number of methoxy groups -OCH3 is 2. The molecule has 0 aliphatic rings. The number of rotatable bonds is 4. The molecule has 0 atom stereocenters. The average molecular weight is 391 g/mol. The summed E-state index contributed by atoms with van der Waals surface area (Å²) in [5.41, 5.74) is 1.32. The minimum absolute atomic E-state index is 0.131. The van der Waals surface area contributed by atoms with E-state index in [0.29, 0.717) is 38.4 Å². The number of hydrazine groups is 1. The Hall–Kier alpha value is -2.58. The van der Waals surface area contributed by atoms with Crippen LogP contribution in [0, 0.1) is 0 Å². The summed E-state index contributed by atoms with van der Waals surface area (Å²) in [6, 6.07) is 8.48. The molecular formula is C16H15BrN4O3. The van der Waals surface area contributed by atoms with Crippen molar-refractivity contribution in [3.63, 3.8) is 0 Å². The molecule has 1 aromatic heterocycles. The lowest BCUT2D eigenvalue weighted by Gasteiger charge is -2.20. The van der Waals surface area contributed by atoms with Crippen molar-refractivity contribution >= 4 is 38.3 Å². The SMILES string of the molecule is COc1cc2ncnc(N(N)c3ccc(O)c(Br)c3)c2cc1OC. The number of aromatic nitrogens is 2. The van der Waals surface area contributed by atoms with Gasteiger partial charge in [-0.25, -0.2) is 15.8 Å². The van der Waals surface area contributed by atoms with Crippen molar-refractivity contribution in [2.45, 2.75) is 0 Å². The molecule has 0 amide bonds. The van der Waals surface area contributed by atoms with Crippen molar-refractivity contribution in [1.82, 2.24) is 9.97 Å². The third-order valence-electron chi connectivity index (χ3n) is 3.56. The molecule has 0 aliphatic heterocycles. The summed E-state index contributed by atoms with van der Waals surface area (Å²) in [6.07, 6.45) is 1.43. The largest absolute Gasteiger partial charge is 0.507 e. The Labute approximate surface area is 146 Å². The fourth-order valence-electron chi connectivity index (χ4n) is 2.33. The van der Waals surface area contributed by atoms with Crippen LogP contribution in [0.1, 0.15) is 0 Å². The molecule has 0 aliphatic carbocycles. The van der Waals surface area contributed by atoms with E-state index >= 15 is 0 Å². The Morgan fingerprint density at radius 3 is 2.46 bits per heavy atom. The molecule has 2 aromatic carbocycles. The fourth-order valence-corrected chi connectivity index (χ4v) is 2.70. The van der Waals surface area contributed by atoms with E-state index in [0.717, 1.165) is 0 Å². The quantitative estimate of drug-likeness (QED) is 0.521. The zero-order valence-electron chi connectivity index (χ0n) is 13.0. The second kappa shape index (κ2) is 6.50. The van der Waals surface area contributed by atoms with Crippen LogP contribution in [0.5, 0.6) is 17.2 Å². The molecule has 124 valence electrons. The minimum atomic E-state index is 0.131. The number of phenols is 1. The van der Waals surface area contributed by atoms with Gasteiger partial charge in [0.2, 0.25) is 0 Å². The topological polar surface area (TPSA) is 93.7 Å². The van der Waals surface area contributed by atoms with E-state index < -0.39 is 0 Å².